The second-order valence-electron chi connectivity index (χ2n) is 8.53. The number of nitrogens with zero attached hydrogens (tertiary/aromatic N) is 3. The number of thiophene rings is 1. The van der Waals surface area contributed by atoms with Gasteiger partial charge < -0.3 is 14.6 Å². The van der Waals surface area contributed by atoms with E-state index < -0.39 is 0 Å². The van der Waals surface area contributed by atoms with E-state index in [4.69, 9.17) is 4.74 Å². The minimum Gasteiger partial charge on any atom is -0.462 e. The lowest BCUT2D eigenvalue weighted by molar-refractivity contribution is -0.113. The van der Waals surface area contributed by atoms with Crippen LogP contribution in [0.15, 0.2) is 29.4 Å². The molecule has 1 amide bonds. The summed E-state index contributed by atoms with van der Waals surface area (Å²) in [5.41, 5.74) is 3.75. The summed E-state index contributed by atoms with van der Waals surface area (Å²) >= 11 is 2.85. The van der Waals surface area contributed by atoms with Crippen molar-refractivity contribution in [3.8, 4) is 11.4 Å². The first kappa shape index (κ1) is 24.5. The number of carbonyl (C=O) groups excluding carboxylic acids is 2. The van der Waals surface area contributed by atoms with Crippen LogP contribution in [0.5, 0.6) is 0 Å². The van der Waals surface area contributed by atoms with Crippen LogP contribution >= 0.6 is 23.1 Å². The van der Waals surface area contributed by atoms with Crippen LogP contribution < -0.4 is 5.32 Å². The van der Waals surface area contributed by atoms with Gasteiger partial charge >= 0.3 is 5.97 Å². The van der Waals surface area contributed by atoms with E-state index in [0.29, 0.717) is 34.8 Å². The van der Waals surface area contributed by atoms with Gasteiger partial charge in [-0.3, -0.25) is 4.79 Å². The van der Waals surface area contributed by atoms with Crippen molar-refractivity contribution in [1.29, 1.82) is 0 Å². The molecular weight excluding hydrogens is 468 g/mol. The number of amides is 1. The highest BCUT2D eigenvalue weighted by Crippen LogP contribution is 2.40. The predicted octanol–water partition coefficient (Wildman–Crippen LogP) is 5.37. The molecule has 0 aliphatic heterocycles. The first-order valence-corrected chi connectivity index (χ1v) is 13.5. The fourth-order valence-corrected chi connectivity index (χ4v) is 6.36. The highest BCUT2D eigenvalue weighted by molar-refractivity contribution is 7.99. The number of esters is 1. The smallest absolute Gasteiger partial charge is 0.341 e. The summed E-state index contributed by atoms with van der Waals surface area (Å²) in [6.45, 7) is 9.10. The fraction of sp³-hybridized carbons (Fsp3) is 0.440. The number of fused-ring (bicyclic) bond motifs is 1. The molecule has 9 heteroatoms. The molecular formula is C25H30N4O3S2. The van der Waals surface area contributed by atoms with Crippen molar-refractivity contribution in [2.45, 2.75) is 58.7 Å². The second-order valence-corrected chi connectivity index (χ2v) is 10.6. The third-order valence-corrected chi connectivity index (χ3v) is 8.06. The standard InChI is InChI=1S/C25H30N4O3S2/c1-5-29-22(17-10-7-15(3)8-11-17)27-28-25(29)33-14-20(30)26-23-21(24(31)32-6-2)18-12-9-16(4)13-19(18)34-23/h7-8,10-11,16H,5-6,9,12-14H2,1-4H3,(H,26,30). The number of carbonyl (C=O) groups is 2. The monoisotopic (exact) mass is 498 g/mol. The SMILES string of the molecule is CCOC(=O)c1c(NC(=O)CSc2nnc(-c3ccc(C)cc3)n2CC)sc2c1CCC(C)C2. The first-order valence-electron chi connectivity index (χ1n) is 11.7. The highest BCUT2D eigenvalue weighted by Gasteiger charge is 2.29. The summed E-state index contributed by atoms with van der Waals surface area (Å²) in [7, 11) is 0. The maximum absolute atomic E-state index is 12.9. The molecule has 3 aromatic rings. The zero-order valence-electron chi connectivity index (χ0n) is 20.0. The fourth-order valence-electron chi connectivity index (χ4n) is 4.15. The summed E-state index contributed by atoms with van der Waals surface area (Å²) in [5.74, 6) is 1.00. The summed E-state index contributed by atoms with van der Waals surface area (Å²) in [6, 6.07) is 8.16. The van der Waals surface area contributed by atoms with Gasteiger partial charge in [0.2, 0.25) is 5.91 Å². The molecule has 1 N–H and O–H groups in total. The largest absolute Gasteiger partial charge is 0.462 e. The van der Waals surface area contributed by atoms with Gasteiger partial charge in [-0.15, -0.1) is 21.5 Å². The van der Waals surface area contributed by atoms with Crippen molar-refractivity contribution < 1.29 is 14.3 Å². The molecule has 1 unspecified atom stereocenters. The molecule has 0 spiro atoms. The molecule has 1 atom stereocenters. The van der Waals surface area contributed by atoms with Gasteiger partial charge in [0.25, 0.3) is 0 Å². The Balaban J connectivity index is 1.49. The molecule has 34 heavy (non-hydrogen) atoms. The Bertz CT molecular complexity index is 1180. The number of benzene rings is 1. The van der Waals surface area contributed by atoms with Crippen LogP contribution in [-0.2, 0) is 28.9 Å². The van der Waals surface area contributed by atoms with E-state index in [1.165, 1.54) is 33.5 Å². The van der Waals surface area contributed by atoms with E-state index in [1.807, 2.05) is 42.7 Å². The number of ether oxygens (including phenoxy) is 1. The molecule has 0 fully saturated rings. The van der Waals surface area contributed by atoms with E-state index in [9.17, 15) is 9.59 Å². The van der Waals surface area contributed by atoms with Crippen LogP contribution in [0.1, 0.15) is 53.6 Å². The van der Waals surface area contributed by atoms with Gasteiger partial charge in [-0.25, -0.2) is 4.79 Å². The van der Waals surface area contributed by atoms with E-state index >= 15 is 0 Å². The number of aromatic nitrogens is 3. The maximum Gasteiger partial charge on any atom is 0.341 e. The Morgan fingerprint density at radius 3 is 2.71 bits per heavy atom. The first-order chi connectivity index (χ1) is 16.4. The number of rotatable bonds is 8. The molecule has 0 bridgehead atoms. The molecule has 0 saturated heterocycles. The van der Waals surface area contributed by atoms with Crippen LogP contribution in [-0.4, -0.2) is 39.0 Å². The Hall–Kier alpha value is -2.65. The van der Waals surface area contributed by atoms with Gasteiger partial charge in [-0.1, -0.05) is 48.5 Å². The van der Waals surface area contributed by atoms with Crippen molar-refractivity contribution in [2.24, 2.45) is 5.92 Å². The minimum atomic E-state index is -0.356. The van der Waals surface area contributed by atoms with Crippen molar-refractivity contribution in [1.82, 2.24) is 14.8 Å². The van der Waals surface area contributed by atoms with Crippen LogP contribution in [0, 0.1) is 12.8 Å². The van der Waals surface area contributed by atoms with Gasteiger partial charge in [0.1, 0.15) is 5.00 Å². The van der Waals surface area contributed by atoms with Crippen molar-refractivity contribution in [3.05, 3.63) is 45.8 Å². The van der Waals surface area contributed by atoms with E-state index in [2.05, 4.69) is 22.4 Å². The van der Waals surface area contributed by atoms with E-state index in [0.717, 1.165) is 36.2 Å². The highest BCUT2D eigenvalue weighted by atomic mass is 32.2. The number of thioether (sulfide) groups is 1. The van der Waals surface area contributed by atoms with Gasteiger partial charge in [-0.2, -0.15) is 0 Å². The third kappa shape index (κ3) is 5.20. The molecule has 2 aromatic heterocycles. The predicted molar refractivity (Wildman–Crippen MR) is 137 cm³/mol. The Kier molecular flexibility index (Phi) is 7.73. The lowest BCUT2D eigenvalue weighted by atomic mass is 9.88. The van der Waals surface area contributed by atoms with E-state index in [1.54, 1.807) is 6.92 Å². The van der Waals surface area contributed by atoms with Crippen molar-refractivity contribution >= 4 is 40.0 Å². The van der Waals surface area contributed by atoms with Crippen LogP contribution in [0.3, 0.4) is 0 Å². The van der Waals surface area contributed by atoms with Gasteiger partial charge in [0, 0.05) is 17.0 Å². The van der Waals surface area contributed by atoms with Gasteiger partial charge in [0.05, 0.1) is 17.9 Å². The Morgan fingerprint density at radius 1 is 1.24 bits per heavy atom. The molecule has 0 saturated carbocycles. The average Bonchev–Trinajstić information content (AvgIpc) is 3.38. The normalized spacial score (nSPS) is 15.1. The molecule has 1 aliphatic carbocycles. The van der Waals surface area contributed by atoms with Gasteiger partial charge in [-0.05, 0) is 51.5 Å². The molecule has 180 valence electrons. The molecule has 2 heterocycles. The molecule has 0 radical (unpaired) electrons. The minimum absolute atomic E-state index is 0.174. The zero-order chi connectivity index (χ0) is 24.2. The lowest BCUT2D eigenvalue weighted by Crippen LogP contribution is -2.18. The number of nitrogens with one attached hydrogen (secondary N) is 1. The lowest BCUT2D eigenvalue weighted by Gasteiger charge is -2.18. The van der Waals surface area contributed by atoms with Gasteiger partial charge in [0.15, 0.2) is 11.0 Å². The number of hydrogen-bond acceptors (Lipinski definition) is 7. The number of anilines is 1. The average molecular weight is 499 g/mol. The Labute approximate surface area is 208 Å². The number of aryl methyl sites for hydroxylation is 1. The quantitative estimate of drug-likeness (QED) is 0.332. The van der Waals surface area contributed by atoms with Crippen LogP contribution in [0.2, 0.25) is 0 Å². The molecule has 4 rings (SSSR count). The second kappa shape index (κ2) is 10.7. The van der Waals surface area contributed by atoms with Crippen molar-refractivity contribution in [2.75, 3.05) is 17.7 Å². The van der Waals surface area contributed by atoms with Crippen LogP contribution in [0.25, 0.3) is 11.4 Å². The van der Waals surface area contributed by atoms with E-state index in [-0.39, 0.29) is 17.6 Å². The third-order valence-electron chi connectivity index (χ3n) is 5.92. The Morgan fingerprint density at radius 2 is 2.00 bits per heavy atom. The number of hydrogen-bond donors (Lipinski definition) is 1. The maximum atomic E-state index is 12.9. The summed E-state index contributed by atoms with van der Waals surface area (Å²) in [6.07, 6.45) is 2.81. The zero-order valence-corrected chi connectivity index (χ0v) is 21.6. The topological polar surface area (TPSA) is 86.1 Å². The summed E-state index contributed by atoms with van der Waals surface area (Å²) < 4.78 is 7.31. The van der Waals surface area contributed by atoms with Crippen molar-refractivity contribution in [3.63, 3.8) is 0 Å². The summed E-state index contributed by atoms with van der Waals surface area (Å²) in [4.78, 5) is 26.7. The molecule has 1 aliphatic rings. The molecule has 1 aromatic carbocycles. The summed E-state index contributed by atoms with van der Waals surface area (Å²) in [5, 5.41) is 12.9. The van der Waals surface area contributed by atoms with Crippen LogP contribution in [0.4, 0.5) is 5.00 Å². The molecule has 7 nitrogen and oxygen atoms in total.